The summed E-state index contributed by atoms with van der Waals surface area (Å²) >= 11 is 7.68. The van der Waals surface area contributed by atoms with Crippen LogP contribution in [-0.2, 0) is 4.74 Å². The molecule has 1 aliphatic rings. The summed E-state index contributed by atoms with van der Waals surface area (Å²) in [5.74, 6) is 0. The van der Waals surface area contributed by atoms with Crippen LogP contribution in [0, 0.1) is 0 Å². The van der Waals surface area contributed by atoms with Gasteiger partial charge in [0.1, 0.15) is 0 Å². The van der Waals surface area contributed by atoms with Crippen LogP contribution in [-0.4, -0.2) is 19.3 Å². The molecule has 0 bridgehead atoms. The molecule has 1 saturated heterocycles. The normalized spacial score (nSPS) is 21.9. The third kappa shape index (κ3) is 3.95. The van der Waals surface area contributed by atoms with Crippen molar-refractivity contribution in [2.24, 2.45) is 0 Å². The van der Waals surface area contributed by atoms with Crippen LogP contribution >= 0.6 is 22.9 Å². The fraction of sp³-hybridized carbons (Fsp3) is 0.692. The lowest BCUT2D eigenvalue weighted by atomic mass is 10.0. The van der Waals surface area contributed by atoms with Gasteiger partial charge >= 0.3 is 0 Å². The average molecular weight is 274 g/mol. The van der Waals surface area contributed by atoms with E-state index in [0.29, 0.717) is 12.1 Å². The summed E-state index contributed by atoms with van der Waals surface area (Å²) in [4.78, 5) is 1.34. The summed E-state index contributed by atoms with van der Waals surface area (Å²) in [6.07, 6.45) is 5.21. The molecule has 2 atom stereocenters. The number of rotatable bonds is 6. The molecule has 0 radical (unpaired) electrons. The molecule has 4 heteroatoms. The van der Waals surface area contributed by atoms with Crippen LogP contribution in [0.5, 0.6) is 0 Å². The summed E-state index contributed by atoms with van der Waals surface area (Å²) in [6.45, 7) is 4.08. The Kier molecular flexibility index (Phi) is 5.29. The summed E-state index contributed by atoms with van der Waals surface area (Å²) < 4.78 is 6.55. The molecule has 2 heterocycles. The van der Waals surface area contributed by atoms with E-state index in [0.717, 1.165) is 30.3 Å². The zero-order chi connectivity index (χ0) is 12.1. The molecule has 1 aromatic rings. The standard InChI is InChI=1S/C13H20ClNOS/c1-2-15-11(12-7-8-13(14)17-12)6-5-10-4-3-9-16-10/h7-8,10-11,15H,2-6,9H2,1H3. The zero-order valence-electron chi connectivity index (χ0n) is 10.2. The Bertz CT molecular complexity index is 336. The first kappa shape index (κ1) is 13.3. The lowest BCUT2D eigenvalue weighted by molar-refractivity contribution is 0.0997. The van der Waals surface area contributed by atoms with Gasteiger partial charge in [0.05, 0.1) is 10.4 Å². The predicted molar refractivity (Wildman–Crippen MR) is 74.0 cm³/mol. The number of hydrogen-bond donors (Lipinski definition) is 1. The molecule has 0 aromatic carbocycles. The van der Waals surface area contributed by atoms with E-state index in [1.807, 2.05) is 6.07 Å². The molecule has 96 valence electrons. The van der Waals surface area contributed by atoms with Crippen LogP contribution in [0.4, 0.5) is 0 Å². The highest BCUT2D eigenvalue weighted by atomic mass is 35.5. The molecular weight excluding hydrogens is 254 g/mol. The summed E-state index contributed by atoms with van der Waals surface area (Å²) in [7, 11) is 0. The smallest absolute Gasteiger partial charge is 0.0931 e. The van der Waals surface area contributed by atoms with E-state index in [2.05, 4.69) is 18.3 Å². The van der Waals surface area contributed by atoms with Crippen molar-refractivity contribution < 1.29 is 4.74 Å². The van der Waals surface area contributed by atoms with Gasteiger partial charge in [0.25, 0.3) is 0 Å². The summed E-state index contributed by atoms with van der Waals surface area (Å²) in [6, 6.07) is 4.55. The molecule has 1 N–H and O–H groups in total. The number of nitrogens with one attached hydrogen (secondary N) is 1. The second-order valence-electron chi connectivity index (χ2n) is 4.46. The van der Waals surface area contributed by atoms with Gasteiger partial charge in [-0.25, -0.2) is 0 Å². The minimum Gasteiger partial charge on any atom is -0.378 e. The van der Waals surface area contributed by atoms with E-state index in [4.69, 9.17) is 16.3 Å². The quantitative estimate of drug-likeness (QED) is 0.846. The van der Waals surface area contributed by atoms with Gasteiger partial charge in [-0.3, -0.25) is 0 Å². The van der Waals surface area contributed by atoms with Gasteiger partial charge in [-0.1, -0.05) is 18.5 Å². The van der Waals surface area contributed by atoms with Gasteiger partial charge in [-0.2, -0.15) is 0 Å². The first-order valence-corrected chi connectivity index (χ1v) is 7.59. The van der Waals surface area contributed by atoms with Crippen LogP contribution in [0.15, 0.2) is 12.1 Å². The highest BCUT2D eigenvalue weighted by Gasteiger charge is 2.19. The molecule has 0 amide bonds. The second-order valence-corrected chi connectivity index (χ2v) is 6.21. The van der Waals surface area contributed by atoms with E-state index in [1.165, 1.54) is 17.7 Å². The van der Waals surface area contributed by atoms with Crippen molar-refractivity contribution in [3.05, 3.63) is 21.3 Å². The van der Waals surface area contributed by atoms with Crippen LogP contribution in [0.2, 0.25) is 4.34 Å². The van der Waals surface area contributed by atoms with E-state index in [-0.39, 0.29) is 0 Å². The Balaban J connectivity index is 1.87. The maximum Gasteiger partial charge on any atom is 0.0931 e. The molecule has 2 nitrogen and oxygen atoms in total. The zero-order valence-corrected chi connectivity index (χ0v) is 11.8. The molecular formula is C13H20ClNOS. The first-order valence-electron chi connectivity index (χ1n) is 6.40. The monoisotopic (exact) mass is 273 g/mol. The molecule has 17 heavy (non-hydrogen) atoms. The van der Waals surface area contributed by atoms with Gasteiger partial charge in [-0.15, -0.1) is 11.3 Å². The highest BCUT2D eigenvalue weighted by molar-refractivity contribution is 7.16. The third-order valence-corrected chi connectivity index (χ3v) is 4.53. The second kappa shape index (κ2) is 6.74. The maximum absolute atomic E-state index is 6.00. The van der Waals surface area contributed by atoms with Crippen molar-refractivity contribution in [3.63, 3.8) is 0 Å². The first-order chi connectivity index (χ1) is 8.29. The van der Waals surface area contributed by atoms with Crippen molar-refractivity contribution in [3.8, 4) is 0 Å². The molecule has 2 rings (SSSR count). The fourth-order valence-corrected chi connectivity index (χ4v) is 3.50. The molecule has 0 aliphatic carbocycles. The van der Waals surface area contributed by atoms with Crippen LogP contribution in [0.25, 0.3) is 0 Å². The SMILES string of the molecule is CCNC(CCC1CCCO1)c1ccc(Cl)s1. The van der Waals surface area contributed by atoms with Gasteiger partial charge in [0.15, 0.2) is 0 Å². The van der Waals surface area contributed by atoms with Crippen molar-refractivity contribution in [2.75, 3.05) is 13.2 Å². The Morgan fingerprint density at radius 1 is 1.59 bits per heavy atom. The lowest BCUT2D eigenvalue weighted by Crippen LogP contribution is -2.21. The predicted octanol–water partition coefficient (Wildman–Crippen LogP) is 4.01. The number of halogens is 1. The number of ether oxygens (including phenoxy) is 1. The maximum atomic E-state index is 6.00. The topological polar surface area (TPSA) is 21.3 Å². The van der Waals surface area contributed by atoms with Crippen LogP contribution in [0.1, 0.15) is 43.5 Å². The molecule has 0 saturated carbocycles. The number of hydrogen-bond acceptors (Lipinski definition) is 3. The Labute approximate surface area is 112 Å². The van der Waals surface area contributed by atoms with Gasteiger partial charge in [0.2, 0.25) is 0 Å². The Morgan fingerprint density at radius 3 is 3.06 bits per heavy atom. The van der Waals surface area contributed by atoms with Crippen LogP contribution < -0.4 is 5.32 Å². The van der Waals surface area contributed by atoms with Gasteiger partial charge in [0, 0.05) is 17.5 Å². The average Bonchev–Trinajstić information content (AvgIpc) is 2.95. The summed E-state index contributed by atoms with van der Waals surface area (Å²) in [5.41, 5.74) is 0. The van der Waals surface area contributed by atoms with Gasteiger partial charge < -0.3 is 10.1 Å². The molecule has 1 fully saturated rings. The molecule has 0 spiro atoms. The van der Waals surface area contributed by atoms with Crippen molar-refractivity contribution in [1.29, 1.82) is 0 Å². The van der Waals surface area contributed by atoms with Gasteiger partial charge in [-0.05, 0) is 44.4 Å². The van der Waals surface area contributed by atoms with E-state index < -0.39 is 0 Å². The highest BCUT2D eigenvalue weighted by Crippen LogP contribution is 2.30. The Hall–Kier alpha value is -0.0900. The number of thiophene rings is 1. The van der Waals surface area contributed by atoms with E-state index in [1.54, 1.807) is 11.3 Å². The summed E-state index contributed by atoms with van der Waals surface area (Å²) in [5, 5.41) is 3.53. The van der Waals surface area contributed by atoms with Crippen molar-refractivity contribution in [2.45, 2.75) is 44.8 Å². The fourth-order valence-electron chi connectivity index (χ4n) is 2.33. The van der Waals surface area contributed by atoms with Crippen molar-refractivity contribution in [1.82, 2.24) is 5.32 Å². The lowest BCUT2D eigenvalue weighted by Gasteiger charge is -2.18. The molecule has 1 aromatic heterocycles. The molecule has 2 unspecified atom stereocenters. The van der Waals surface area contributed by atoms with E-state index in [9.17, 15) is 0 Å². The van der Waals surface area contributed by atoms with E-state index >= 15 is 0 Å². The van der Waals surface area contributed by atoms with Crippen molar-refractivity contribution >= 4 is 22.9 Å². The largest absolute Gasteiger partial charge is 0.378 e. The minimum absolute atomic E-state index is 0.432. The van der Waals surface area contributed by atoms with Crippen LogP contribution in [0.3, 0.4) is 0 Å². The minimum atomic E-state index is 0.432. The third-order valence-electron chi connectivity index (χ3n) is 3.19. The Morgan fingerprint density at radius 2 is 2.47 bits per heavy atom. The molecule has 1 aliphatic heterocycles.